The van der Waals surface area contributed by atoms with E-state index in [-0.39, 0.29) is 0 Å². The quantitative estimate of drug-likeness (QED) is 0.662. The average Bonchev–Trinajstić information content (AvgIpc) is 2.17. The summed E-state index contributed by atoms with van der Waals surface area (Å²) in [7, 11) is -2.81. The van der Waals surface area contributed by atoms with Crippen molar-refractivity contribution in [3.63, 3.8) is 0 Å². The largest absolute Gasteiger partial charge is 0.379 e. The second-order valence-electron chi connectivity index (χ2n) is 3.61. The second-order valence-corrected chi connectivity index (χ2v) is 5.91. The molecule has 84 valence electrons. The van der Waals surface area contributed by atoms with Crippen molar-refractivity contribution in [2.45, 2.75) is 13.3 Å². The zero-order valence-corrected chi connectivity index (χ0v) is 9.55. The van der Waals surface area contributed by atoms with Crippen LogP contribution < -0.4 is 0 Å². The summed E-state index contributed by atoms with van der Waals surface area (Å²) in [4.78, 5) is 2.15. The molecule has 0 radical (unpaired) electrons. The van der Waals surface area contributed by atoms with Gasteiger partial charge in [0.2, 0.25) is 0 Å². The zero-order chi connectivity index (χ0) is 10.4. The maximum Gasteiger partial charge on any atom is 0.151 e. The van der Waals surface area contributed by atoms with Gasteiger partial charge in [0.05, 0.1) is 19.0 Å². The Morgan fingerprint density at radius 1 is 1.21 bits per heavy atom. The summed E-state index contributed by atoms with van der Waals surface area (Å²) in [6.45, 7) is 5.74. The van der Waals surface area contributed by atoms with Gasteiger partial charge in [0.15, 0.2) is 9.84 Å². The molecule has 0 aromatic rings. The summed E-state index contributed by atoms with van der Waals surface area (Å²) in [6, 6.07) is 0. The number of hydrogen-bond acceptors (Lipinski definition) is 4. The van der Waals surface area contributed by atoms with E-state index in [9.17, 15) is 8.42 Å². The van der Waals surface area contributed by atoms with Crippen LogP contribution in [0, 0.1) is 0 Å². The van der Waals surface area contributed by atoms with Crippen molar-refractivity contribution < 1.29 is 13.2 Å². The molecule has 1 aliphatic rings. The Morgan fingerprint density at radius 2 is 1.86 bits per heavy atom. The van der Waals surface area contributed by atoms with E-state index in [0.29, 0.717) is 24.5 Å². The lowest BCUT2D eigenvalue weighted by Gasteiger charge is -2.26. The van der Waals surface area contributed by atoms with Crippen LogP contribution in [0.15, 0.2) is 0 Å². The van der Waals surface area contributed by atoms with E-state index in [1.807, 2.05) is 6.92 Å². The average molecular weight is 221 g/mol. The second kappa shape index (κ2) is 5.68. The lowest BCUT2D eigenvalue weighted by Crippen LogP contribution is -2.39. The third-order valence-electron chi connectivity index (χ3n) is 2.34. The molecule has 4 nitrogen and oxygen atoms in total. The molecule has 0 saturated carbocycles. The fourth-order valence-electron chi connectivity index (χ4n) is 1.51. The molecule has 1 saturated heterocycles. The van der Waals surface area contributed by atoms with Crippen molar-refractivity contribution in [1.82, 2.24) is 4.90 Å². The van der Waals surface area contributed by atoms with Crippen LogP contribution in [0.1, 0.15) is 13.3 Å². The molecular weight excluding hydrogens is 202 g/mol. The summed E-state index contributed by atoms with van der Waals surface area (Å²) in [6.07, 6.45) is 0.714. The SMILES string of the molecule is CCCS(=O)(=O)CCN1CCOCC1. The maximum absolute atomic E-state index is 11.4. The fourth-order valence-corrected chi connectivity index (χ4v) is 2.87. The summed E-state index contributed by atoms with van der Waals surface area (Å²) in [5, 5.41) is 0. The molecule has 0 bridgehead atoms. The van der Waals surface area contributed by atoms with Crippen LogP contribution in [-0.4, -0.2) is 57.7 Å². The van der Waals surface area contributed by atoms with Gasteiger partial charge in [-0.15, -0.1) is 0 Å². The number of nitrogens with zero attached hydrogens (tertiary/aromatic N) is 1. The van der Waals surface area contributed by atoms with Crippen molar-refractivity contribution in [3.05, 3.63) is 0 Å². The van der Waals surface area contributed by atoms with E-state index in [1.54, 1.807) is 0 Å². The first-order valence-corrected chi connectivity index (χ1v) is 6.97. The highest BCUT2D eigenvalue weighted by Crippen LogP contribution is 1.99. The van der Waals surface area contributed by atoms with Gasteiger partial charge in [0.1, 0.15) is 0 Å². The molecule has 0 unspecified atom stereocenters. The normalized spacial score (nSPS) is 19.8. The first kappa shape index (κ1) is 11.9. The Balaban J connectivity index is 2.24. The Labute approximate surface area is 86.2 Å². The van der Waals surface area contributed by atoms with Gasteiger partial charge in [-0.1, -0.05) is 6.92 Å². The van der Waals surface area contributed by atoms with Crippen molar-refractivity contribution in [1.29, 1.82) is 0 Å². The maximum atomic E-state index is 11.4. The van der Waals surface area contributed by atoms with E-state index in [0.717, 1.165) is 26.3 Å². The van der Waals surface area contributed by atoms with Crippen LogP contribution in [0.25, 0.3) is 0 Å². The molecule has 1 heterocycles. The zero-order valence-electron chi connectivity index (χ0n) is 8.74. The number of hydrogen-bond donors (Lipinski definition) is 0. The van der Waals surface area contributed by atoms with Gasteiger partial charge in [-0.2, -0.15) is 0 Å². The van der Waals surface area contributed by atoms with Crippen molar-refractivity contribution in [2.24, 2.45) is 0 Å². The third kappa shape index (κ3) is 4.39. The smallest absolute Gasteiger partial charge is 0.151 e. The van der Waals surface area contributed by atoms with Crippen molar-refractivity contribution >= 4 is 9.84 Å². The number of sulfone groups is 1. The topological polar surface area (TPSA) is 46.6 Å². The van der Waals surface area contributed by atoms with E-state index < -0.39 is 9.84 Å². The molecule has 14 heavy (non-hydrogen) atoms. The highest BCUT2D eigenvalue weighted by molar-refractivity contribution is 7.91. The van der Waals surface area contributed by atoms with E-state index in [1.165, 1.54) is 0 Å². The first-order valence-electron chi connectivity index (χ1n) is 5.14. The minimum atomic E-state index is -2.81. The number of ether oxygens (including phenoxy) is 1. The van der Waals surface area contributed by atoms with Crippen molar-refractivity contribution in [2.75, 3.05) is 44.4 Å². The summed E-state index contributed by atoms with van der Waals surface area (Å²) in [5.74, 6) is 0.609. The highest BCUT2D eigenvalue weighted by atomic mass is 32.2. The summed E-state index contributed by atoms with van der Waals surface area (Å²) >= 11 is 0. The lowest BCUT2D eigenvalue weighted by molar-refractivity contribution is 0.0408. The molecule has 1 aliphatic heterocycles. The summed E-state index contributed by atoms with van der Waals surface area (Å²) < 4.78 is 28.0. The molecule has 0 aromatic carbocycles. The van der Waals surface area contributed by atoms with Gasteiger partial charge < -0.3 is 4.74 Å². The van der Waals surface area contributed by atoms with Gasteiger partial charge in [0, 0.05) is 25.4 Å². The Hall–Kier alpha value is -0.130. The molecule has 5 heteroatoms. The van der Waals surface area contributed by atoms with E-state index in [2.05, 4.69) is 4.90 Å². The Kier molecular flexibility index (Phi) is 4.84. The van der Waals surface area contributed by atoms with Crippen LogP contribution in [-0.2, 0) is 14.6 Å². The monoisotopic (exact) mass is 221 g/mol. The molecule has 0 N–H and O–H groups in total. The Bertz CT molecular complexity index is 245. The predicted molar refractivity (Wildman–Crippen MR) is 56.2 cm³/mol. The molecule has 0 aromatic heterocycles. The standard InChI is InChI=1S/C9H19NO3S/c1-2-8-14(11,12)9-5-10-3-6-13-7-4-10/h2-9H2,1H3. The van der Waals surface area contributed by atoms with Crippen molar-refractivity contribution in [3.8, 4) is 0 Å². The molecule has 1 fully saturated rings. The minimum Gasteiger partial charge on any atom is -0.379 e. The minimum absolute atomic E-state index is 0.292. The van der Waals surface area contributed by atoms with Gasteiger partial charge in [-0.05, 0) is 6.42 Å². The van der Waals surface area contributed by atoms with E-state index >= 15 is 0 Å². The predicted octanol–water partition coefficient (Wildman–Crippen LogP) is 0.143. The highest BCUT2D eigenvalue weighted by Gasteiger charge is 2.14. The molecule has 0 amide bonds. The van der Waals surface area contributed by atoms with Gasteiger partial charge in [0.25, 0.3) is 0 Å². The molecular formula is C9H19NO3S. The van der Waals surface area contributed by atoms with Crippen LogP contribution >= 0.6 is 0 Å². The van der Waals surface area contributed by atoms with Gasteiger partial charge in [-0.3, -0.25) is 4.90 Å². The first-order chi connectivity index (χ1) is 6.64. The molecule has 1 rings (SSSR count). The van der Waals surface area contributed by atoms with E-state index in [4.69, 9.17) is 4.74 Å². The lowest BCUT2D eigenvalue weighted by atomic mass is 10.4. The summed E-state index contributed by atoms with van der Waals surface area (Å²) in [5.41, 5.74) is 0. The molecule has 0 aliphatic carbocycles. The number of rotatable bonds is 5. The Morgan fingerprint density at radius 3 is 2.43 bits per heavy atom. The van der Waals surface area contributed by atoms with Crippen LogP contribution in [0.4, 0.5) is 0 Å². The number of morpholine rings is 1. The third-order valence-corrected chi connectivity index (χ3v) is 4.17. The molecule has 0 atom stereocenters. The van der Waals surface area contributed by atoms with Crippen LogP contribution in [0.3, 0.4) is 0 Å². The van der Waals surface area contributed by atoms with Gasteiger partial charge in [-0.25, -0.2) is 8.42 Å². The molecule has 0 spiro atoms. The van der Waals surface area contributed by atoms with Gasteiger partial charge >= 0.3 is 0 Å². The fraction of sp³-hybridized carbons (Fsp3) is 1.00. The van der Waals surface area contributed by atoms with Crippen LogP contribution in [0.5, 0.6) is 0 Å². The van der Waals surface area contributed by atoms with Crippen LogP contribution in [0.2, 0.25) is 0 Å².